The van der Waals surface area contributed by atoms with E-state index in [1.165, 1.54) is 52.4 Å². The van der Waals surface area contributed by atoms with Gasteiger partial charge in [-0.15, -0.1) is 0 Å². The summed E-state index contributed by atoms with van der Waals surface area (Å²) in [7, 11) is 0. The van der Waals surface area contributed by atoms with Gasteiger partial charge in [0.05, 0.1) is 0 Å². The molecule has 0 bridgehead atoms. The average Bonchev–Trinajstić information content (AvgIpc) is 2.94. The van der Waals surface area contributed by atoms with E-state index in [0.29, 0.717) is 0 Å². The van der Waals surface area contributed by atoms with Crippen molar-refractivity contribution >= 4 is 27.1 Å². The highest BCUT2D eigenvalue weighted by atomic mass is 14.1. The molecule has 3 aromatic rings. The smallest absolute Gasteiger partial charge is 0.00329 e. The fourth-order valence-electron chi connectivity index (χ4n) is 3.38. The van der Waals surface area contributed by atoms with Crippen LogP contribution in [0, 0.1) is 0 Å². The van der Waals surface area contributed by atoms with Crippen molar-refractivity contribution in [3.8, 4) is 0 Å². The van der Waals surface area contributed by atoms with E-state index >= 15 is 0 Å². The van der Waals surface area contributed by atoms with E-state index in [9.17, 15) is 0 Å². The Morgan fingerprint density at radius 3 is 2.11 bits per heavy atom. The molecule has 0 aromatic heterocycles. The van der Waals surface area contributed by atoms with Gasteiger partial charge in [0.25, 0.3) is 0 Å². The lowest BCUT2D eigenvalue weighted by atomic mass is 9.97. The molecule has 4 rings (SSSR count). The first-order valence-electron chi connectivity index (χ1n) is 6.86. The third-order valence-electron chi connectivity index (χ3n) is 4.24. The Hall–Kier alpha value is -1.82. The van der Waals surface area contributed by atoms with Gasteiger partial charge in [-0.2, -0.15) is 0 Å². The molecule has 0 amide bonds. The highest BCUT2D eigenvalue weighted by molar-refractivity contribution is 6.10. The Bertz CT molecular complexity index is 749. The highest BCUT2D eigenvalue weighted by Gasteiger charge is 2.10. The lowest BCUT2D eigenvalue weighted by Gasteiger charge is -2.07. The normalized spacial score (nSPS) is 15.9. The molecule has 0 unspecified atom stereocenters. The highest BCUT2D eigenvalue weighted by Crippen LogP contribution is 2.28. The van der Waals surface area contributed by atoms with Crippen LogP contribution in [0.4, 0.5) is 0 Å². The van der Waals surface area contributed by atoms with Gasteiger partial charge in [0.15, 0.2) is 0 Å². The van der Waals surface area contributed by atoms with Gasteiger partial charge in [0.2, 0.25) is 0 Å². The van der Waals surface area contributed by atoms with E-state index in [0.717, 1.165) is 0 Å². The fraction of sp³-hybridized carbons (Fsp3) is 0.222. The van der Waals surface area contributed by atoms with E-state index in [1.54, 1.807) is 5.57 Å². The molecule has 88 valence electrons. The zero-order valence-electron chi connectivity index (χ0n) is 10.4. The second-order valence-corrected chi connectivity index (χ2v) is 5.31. The van der Waals surface area contributed by atoms with Gasteiger partial charge in [-0.05, 0) is 52.4 Å². The molecule has 0 spiro atoms. The van der Waals surface area contributed by atoms with Crippen LogP contribution in [0.2, 0.25) is 0 Å². The molecule has 1 fully saturated rings. The Labute approximate surface area is 107 Å². The Kier molecular flexibility index (Phi) is 2.16. The molecule has 0 nitrogen and oxygen atoms in total. The molecule has 1 aliphatic rings. The molecule has 0 radical (unpaired) electrons. The van der Waals surface area contributed by atoms with Crippen LogP contribution in [0.25, 0.3) is 27.1 Å². The van der Waals surface area contributed by atoms with Gasteiger partial charge < -0.3 is 0 Å². The van der Waals surface area contributed by atoms with E-state index in [4.69, 9.17) is 0 Å². The first-order valence-corrected chi connectivity index (χ1v) is 6.86. The molecule has 1 saturated carbocycles. The molecule has 0 heterocycles. The van der Waals surface area contributed by atoms with Crippen LogP contribution >= 0.6 is 0 Å². The summed E-state index contributed by atoms with van der Waals surface area (Å²) in [5.41, 5.74) is 1.66. The van der Waals surface area contributed by atoms with Crippen LogP contribution < -0.4 is 5.22 Å². The van der Waals surface area contributed by atoms with Crippen molar-refractivity contribution in [3.63, 3.8) is 0 Å². The number of hydrogen-bond acceptors (Lipinski definition) is 0. The average molecular weight is 232 g/mol. The molecule has 0 aliphatic heterocycles. The van der Waals surface area contributed by atoms with E-state index < -0.39 is 0 Å². The molecule has 0 atom stereocenters. The minimum absolute atomic E-state index is 1.29. The summed E-state index contributed by atoms with van der Waals surface area (Å²) in [6.07, 6.45) is 5.31. The summed E-state index contributed by atoms with van der Waals surface area (Å²) >= 11 is 0. The van der Waals surface area contributed by atoms with Crippen LogP contribution in [-0.2, 0) is 0 Å². The van der Waals surface area contributed by atoms with Gasteiger partial charge in [0.1, 0.15) is 0 Å². The quantitative estimate of drug-likeness (QED) is 0.537. The first-order chi connectivity index (χ1) is 8.93. The maximum atomic E-state index is 2.33. The zero-order chi connectivity index (χ0) is 11.9. The summed E-state index contributed by atoms with van der Waals surface area (Å²) in [6.45, 7) is 0. The fourth-order valence-corrected chi connectivity index (χ4v) is 3.38. The standard InChI is InChI=1S/C18H16/c1-2-6-13(5-1)16-12-11-15-8-3-7-14-9-4-10-17(16)18(14)15/h3-4,7-12H,1-2,5-6H2. The number of rotatable bonds is 0. The predicted molar refractivity (Wildman–Crippen MR) is 78.5 cm³/mol. The van der Waals surface area contributed by atoms with Gasteiger partial charge in [-0.3, -0.25) is 0 Å². The zero-order valence-corrected chi connectivity index (χ0v) is 10.4. The first kappa shape index (κ1) is 10.1. The van der Waals surface area contributed by atoms with Gasteiger partial charge >= 0.3 is 0 Å². The maximum absolute atomic E-state index is 2.33. The monoisotopic (exact) mass is 232 g/mol. The van der Waals surface area contributed by atoms with Crippen molar-refractivity contribution in [2.24, 2.45) is 0 Å². The van der Waals surface area contributed by atoms with Gasteiger partial charge in [0, 0.05) is 0 Å². The van der Waals surface area contributed by atoms with Crippen molar-refractivity contribution < 1.29 is 0 Å². The third-order valence-corrected chi connectivity index (χ3v) is 4.24. The minimum atomic E-state index is 1.29. The summed E-state index contributed by atoms with van der Waals surface area (Å²) in [5.74, 6) is 0. The molecule has 18 heavy (non-hydrogen) atoms. The predicted octanol–water partition coefficient (Wildman–Crippen LogP) is 4.44. The van der Waals surface area contributed by atoms with Crippen molar-refractivity contribution in [1.82, 2.24) is 0 Å². The summed E-state index contributed by atoms with van der Waals surface area (Å²) in [6, 6.07) is 17.9. The second-order valence-electron chi connectivity index (χ2n) is 5.31. The van der Waals surface area contributed by atoms with Crippen LogP contribution in [0.3, 0.4) is 0 Å². The topological polar surface area (TPSA) is 0 Å². The SMILES string of the molecule is c1cc2cccc3c(=C4CCCC4)ccc(c1)c23. The lowest BCUT2D eigenvalue weighted by molar-refractivity contribution is 0.886. The summed E-state index contributed by atoms with van der Waals surface area (Å²) in [5, 5.41) is 7.12. The second kappa shape index (κ2) is 3.84. The van der Waals surface area contributed by atoms with Crippen LogP contribution in [0.5, 0.6) is 0 Å². The molecule has 0 N–H and O–H groups in total. The molecule has 0 heteroatoms. The molecule has 1 aliphatic carbocycles. The summed E-state index contributed by atoms with van der Waals surface area (Å²) < 4.78 is 0. The van der Waals surface area contributed by atoms with Crippen molar-refractivity contribution in [2.45, 2.75) is 25.7 Å². The van der Waals surface area contributed by atoms with E-state index in [-0.39, 0.29) is 0 Å². The van der Waals surface area contributed by atoms with E-state index in [2.05, 4.69) is 48.5 Å². The van der Waals surface area contributed by atoms with Crippen molar-refractivity contribution in [1.29, 1.82) is 0 Å². The molecular weight excluding hydrogens is 216 g/mol. The van der Waals surface area contributed by atoms with Crippen molar-refractivity contribution in [3.05, 3.63) is 53.7 Å². The molecular formula is C18H16. The van der Waals surface area contributed by atoms with Crippen molar-refractivity contribution in [2.75, 3.05) is 0 Å². The molecule has 0 saturated heterocycles. The van der Waals surface area contributed by atoms with Crippen LogP contribution in [-0.4, -0.2) is 0 Å². The maximum Gasteiger partial charge on any atom is -0.00329 e. The minimum Gasteiger partial charge on any atom is -0.0623 e. The third kappa shape index (κ3) is 1.38. The largest absolute Gasteiger partial charge is 0.0623 e. The molecule has 3 aromatic carbocycles. The lowest BCUT2D eigenvalue weighted by Crippen LogP contribution is -2.05. The van der Waals surface area contributed by atoms with Gasteiger partial charge in [-0.1, -0.05) is 54.1 Å². The number of benzene rings is 3. The van der Waals surface area contributed by atoms with Gasteiger partial charge in [-0.25, -0.2) is 0 Å². The Morgan fingerprint density at radius 1 is 0.667 bits per heavy atom. The Balaban J connectivity index is 2.25. The van der Waals surface area contributed by atoms with E-state index in [1.807, 2.05) is 0 Å². The van der Waals surface area contributed by atoms with Crippen LogP contribution in [0.1, 0.15) is 25.7 Å². The number of hydrogen-bond donors (Lipinski definition) is 0. The summed E-state index contributed by atoms with van der Waals surface area (Å²) in [4.78, 5) is 0. The Morgan fingerprint density at radius 2 is 1.33 bits per heavy atom. The van der Waals surface area contributed by atoms with Crippen LogP contribution in [0.15, 0.2) is 48.5 Å².